The molecule has 12 heavy (non-hydrogen) atoms. The fourth-order valence-electron chi connectivity index (χ4n) is 0.797. The summed E-state index contributed by atoms with van der Waals surface area (Å²) in [5.74, 6) is 0.911. The molecule has 1 aromatic heterocycles. The zero-order chi connectivity index (χ0) is 9.03. The van der Waals surface area contributed by atoms with Gasteiger partial charge in [0, 0.05) is 12.7 Å². The van der Waals surface area contributed by atoms with Gasteiger partial charge in [0.15, 0.2) is 0 Å². The second kappa shape index (κ2) is 3.57. The molecular formula is C10H15N2. The summed E-state index contributed by atoms with van der Waals surface area (Å²) >= 11 is 0. The van der Waals surface area contributed by atoms with Gasteiger partial charge in [0.1, 0.15) is 5.82 Å². The molecule has 0 aliphatic carbocycles. The van der Waals surface area contributed by atoms with Crippen LogP contribution in [-0.4, -0.2) is 11.5 Å². The molecule has 65 valence electrons. The standard InChI is InChI=1S/C10H15N2/c1-10(2,3)8-12-9-6-4-5-7-11-9/h4-7H,1,8H2,2-3H3,(H,11,12). The fourth-order valence-corrected chi connectivity index (χ4v) is 0.797. The Labute approximate surface area is 74.0 Å². The van der Waals surface area contributed by atoms with Crippen LogP contribution in [0.25, 0.3) is 0 Å². The lowest BCUT2D eigenvalue weighted by Crippen LogP contribution is -2.19. The van der Waals surface area contributed by atoms with E-state index < -0.39 is 0 Å². The van der Waals surface area contributed by atoms with Crippen LogP contribution in [0, 0.1) is 12.3 Å². The molecule has 0 spiro atoms. The molecule has 0 bridgehead atoms. The number of aromatic nitrogens is 1. The first-order valence-corrected chi connectivity index (χ1v) is 4.08. The third-order valence-corrected chi connectivity index (χ3v) is 1.41. The Kier molecular flexibility index (Phi) is 2.69. The van der Waals surface area contributed by atoms with E-state index in [1.165, 1.54) is 0 Å². The van der Waals surface area contributed by atoms with E-state index in [0.29, 0.717) is 0 Å². The van der Waals surface area contributed by atoms with E-state index in [0.717, 1.165) is 12.4 Å². The molecule has 0 fully saturated rings. The Morgan fingerprint density at radius 3 is 2.75 bits per heavy atom. The highest BCUT2D eigenvalue weighted by atomic mass is 15.0. The zero-order valence-corrected chi connectivity index (χ0v) is 7.67. The van der Waals surface area contributed by atoms with E-state index in [1.807, 2.05) is 18.2 Å². The lowest BCUT2D eigenvalue weighted by atomic mass is 9.97. The summed E-state index contributed by atoms with van der Waals surface area (Å²) in [7, 11) is 0. The van der Waals surface area contributed by atoms with Crippen molar-refractivity contribution in [1.29, 1.82) is 0 Å². The maximum Gasteiger partial charge on any atom is 0.125 e. The predicted octanol–water partition coefficient (Wildman–Crippen LogP) is 2.35. The minimum absolute atomic E-state index is 0.0531. The van der Waals surface area contributed by atoms with Crippen molar-refractivity contribution in [1.82, 2.24) is 4.98 Å². The van der Waals surface area contributed by atoms with E-state index in [-0.39, 0.29) is 5.41 Å². The molecule has 0 unspecified atom stereocenters. The van der Waals surface area contributed by atoms with Crippen LogP contribution < -0.4 is 5.32 Å². The van der Waals surface area contributed by atoms with Gasteiger partial charge in [-0.25, -0.2) is 4.98 Å². The van der Waals surface area contributed by atoms with Crippen LogP contribution in [0.1, 0.15) is 13.8 Å². The number of anilines is 1. The van der Waals surface area contributed by atoms with E-state index >= 15 is 0 Å². The highest BCUT2D eigenvalue weighted by molar-refractivity contribution is 5.33. The van der Waals surface area contributed by atoms with Gasteiger partial charge in [-0.1, -0.05) is 19.9 Å². The van der Waals surface area contributed by atoms with Gasteiger partial charge in [0.25, 0.3) is 0 Å². The molecule has 0 atom stereocenters. The van der Waals surface area contributed by atoms with Crippen LogP contribution in [0.15, 0.2) is 24.4 Å². The summed E-state index contributed by atoms with van der Waals surface area (Å²) < 4.78 is 0. The van der Waals surface area contributed by atoms with Crippen LogP contribution in [0.5, 0.6) is 0 Å². The molecule has 1 heterocycles. The van der Waals surface area contributed by atoms with Gasteiger partial charge in [-0.2, -0.15) is 0 Å². The zero-order valence-electron chi connectivity index (χ0n) is 7.67. The summed E-state index contributed by atoms with van der Waals surface area (Å²) in [6.45, 7) is 9.01. The van der Waals surface area contributed by atoms with Crippen molar-refractivity contribution in [2.75, 3.05) is 11.9 Å². The molecule has 2 heteroatoms. The highest BCUT2D eigenvalue weighted by Crippen LogP contribution is 2.12. The average molecular weight is 163 g/mol. The Balaban J connectivity index is 2.44. The number of hydrogen-bond donors (Lipinski definition) is 1. The summed E-state index contributed by atoms with van der Waals surface area (Å²) in [5.41, 5.74) is 0.0531. The number of hydrogen-bond acceptors (Lipinski definition) is 2. The topological polar surface area (TPSA) is 24.9 Å². The molecule has 0 aliphatic rings. The molecule has 2 nitrogen and oxygen atoms in total. The summed E-state index contributed by atoms with van der Waals surface area (Å²) in [6, 6.07) is 5.82. The molecule has 0 saturated heterocycles. The van der Waals surface area contributed by atoms with Crippen LogP contribution in [0.3, 0.4) is 0 Å². The Morgan fingerprint density at radius 2 is 2.25 bits per heavy atom. The highest BCUT2D eigenvalue weighted by Gasteiger charge is 2.09. The number of nitrogens with one attached hydrogen (secondary N) is 1. The Bertz CT molecular complexity index is 223. The molecular weight excluding hydrogens is 148 g/mol. The third-order valence-electron chi connectivity index (χ3n) is 1.41. The number of pyridine rings is 1. The van der Waals surface area contributed by atoms with E-state index in [2.05, 4.69) is 31.1 Å². The van der Waals surface area contributed by atoms with Crippen molar-refractivity contribution in [3.63, 3.8) is 0 Å². The van der Waals surface area contributed by atoms with Gasteiger partial charge >= 0.3 is 0 Å². The molecule has 0 aromatic carbocycles. The Hall–Kier alpha value is -1.05. The first kappa shape index (κ1) is 9.04. The molecule has 1 rings (SSSR count). The maximum absolute atomic E-state index is 4.14. The van der Waals surface area contributed by atoms with Crippen molar-refractivity contribution in [2.24, 2.45) is 5.41 Å². The number of rotatable bonds is 3. The minimum Gasteiger partial charge on any atom is -0.370 e. The number of nitrogens with zero attached hydrogens (tertiary/aromatic N) is 1. The SMILES string of the molecule is [CH2]C(C)(C)CNc1ccccn1. The van der Waals surface area contributed by atoms with Crippen LogP contribution in [0.2, 0.25) is 0 Å². The van der Waals surface area contributed by atoms with Crippen molar-refractivity contribution in [2.45, 2.75) is 13.8 Å². The minimum atomic E-state index is 0.0531. The largest absolute Gasteiger partial charge is 0.370 e. The van der Waals surface area contributed by atoms with Crippen molar-refractivity contribution in [3.05, 3.63) is 31.3 Å². The molecule has 1 radical (unpaired) electrons. The molecule has 1 N–H and O–H groups in total. The fraction of sp³-hybridized carbons (Fsp3) is 0.400. The normalized spacial score (nSPS) is 11.2. The smallest absolute Gasteiger partial charge is 0.125 e. The predicted molar refractivity (Wildman–Crippen MR) is 51.9 cm³/mol. The van der Waals surface area contributed by atoms with E-state index in [4.69, 9.17) is 0 Å². The van der Waals surface area contributed by atoms with E-state index in [1.54, 1.807) is 6.20 Å². The van der Waals surface area contributed by atoms with Gasteiger partial charge in [0.05, 0.1) is 0 Å². The lowest BCUT2D eigenvalue weighted by molar-refractivity contribution is 0.506. The monoisotopic (exact) mass is 163 g/mol. The lowest BCUT2D eigenvalue weighted by Gasteiger charge is -2.18. The molecule has 0 amide bonds. The summed E-state index contributed by atoms with van der Waals surface area (Å²) in [6.07, 6.45) is 1.78. The van der Waals surface area contributed by atoms with Gasteiger partial charge < -0.3 is 5.32 Å². The van der Waals surface area contributed by atoms with Crippen LogP contribution in [-0.2, 0) is 0 Å². The Morgan fingerprint density at radius 1 is 1.50 bits per heavy atom. The van der Waals surface area contributed by atoms with Gasteiger partial charge in [-0.05, 0) is 24.5 Å². The quantitative estimate of drug-likeness (QED) is 0.739. The third kappa shape index (κ3) is 3.37. The first-order chi connectivity index (χ1) is 5.58. The van der Waals surface area contributed by atoms with Crippen molar-refractivity contribution < 1.29 is 0 Å². The van der Waals surface area contributed by atoms with Crippen molar-refractivity contribution >= 4 is 5.82 Å². The van der Waals surface area contributed by atoms with Gasteiger partial charge in [0.2, 0.25) is 0 Å². The van der Waals surface area contributed by atoms with Crippen LogP contribution in [0.4, 0.5) is 5.82 Å². The molecule has 1 aromatic rings. The van der Waals surface area contributed by atoms with E-state index in [9.17, 15) is 0 Å². The van der Waals surface area contributed by atoms with Crippen LogP contribution >= 0.6 is 0 Å². The van der Waals surface area contributed by atoms with Crippen molar-refractivity contribution in [3.8, 4) is 0 Å². The average Bonchev–Trinajstić information content (AvgIpc) is 2.02. The second-order valence-corrected chi connectivity index (χ2v) is 3.73. The summed E-state index contributed by atoms with van der Waals surface area (Å²) in [5, 5.41) is 3.21. The van der Waals surface area contributed by atoms with Gasteiger partial charge in [-0.15, -0.1) is 0 Å². The second-order valence-electron chi connectivity index (χ2n) is 3.73. The molecule has 0 saturated carbocycles. The molecule has 0 aliphatic heterocycles. The van der Waals surface area contributed by atoms with Gasteiger partial charge in [-0.3, -0.25) is 0 Å². The maximum atomic E-state index is 4.14. The summed E-state index contributed by atoms with van der Waals surface area (Å²) in [4.78, 5) is 4.14. The first-order valence-electron chi connectivity index (χ1n) is 4.08.